The topological polar surface area (TPSA) is 28.2 Å². The molecule has 106 valence electrons. The van der Waals surface area contributed by atoms with Crippen LogP contribution in [0.15, 0.2) is 12.3 Å². The SMILES string of the molecule is CCCCCN(C)c1ncc(F)cc1CNC1CC1. The fourth-order valence-electron chi connectivity index (χ4n) is 2.19. The van der Waals surface area contributed by atoms with Gasteiger partial charge in [-0.2, -0.15) is 0 Å². The van der Waals surface area contributed by atoms with E-state index in [1.54, 1.807) is 6.07 Å². The Morgan fingerprint density at radius 2 is 2.21 bits per heavy atom. The number of aromatic nitrogens is 1. The third-order valence-electron chi connectivity index (χ3n) is 3.53. The van der Waals surface area contributed by atoms with Crippen LogP contribution in [-0.2, 0) is 6.54 Å². The lowest BCUT2D eigenvalue weighted by atomic mass is 10.2. The van der Waals surface area contributed by atoms with E-state index in [4.69, 9.17) is 0 Å². The highest BCUT2D eigenvalue weighted by molar-refractivity contribution is 5.46. The monoisotopic (exact) mass is 265 g/mol. The number of pyridine rings is 1. The second-order valence-corrected chi connectivity index (χ2v) is 5.42. The van der Waals surface area contributed by atoms with Crippen LogP contribution in [0.1, 0.15) is 44.6 Å². The zero-order chi connectivity index (χ0) is 13.7. The van der Waals surface area contributed by atoms with Crippen LogP contribution in [-0.4, -0.2) is 24.6 Å². The Labute approximate surface area is 115 Å². The summed E-state index contributed by atoms with van der Waals surface area (Å²) in [6, 6.07) is 2.23. The molecule has 3 nitrogen and oxygen atoms in total. The molecule has 0 amide bonds. The van der Waals surface area contributed by atoms with E-state index < -0.39 is 0 Å². The van der Waals surface area contributed by atoms with E-state index in [2.05, 4.69) is 22.1 Å². The first kappa shape index (κ1) is 14.3. The molecule has 1 fully saturated rings. The van der Waals surface area contributed by atoms with E-state index >= 15 is 0 Å². The molecule has 1 saturated carbocycles. The Kier molecular flexibility index (Phi) is 5.14. The van der Waals surface area contributed by atoms with Gasteiger partial charge in [0.15, 0.2) is 0 Å². The highest BCUT2D eigenvalue weighted by Crippen LogP contribution is 2.22. The van der Waals surface area contributed by atoms with E-state index in [0.29, 0.717) is 12.6 Å². The molecule has 0 radical (unpaired) electrons. The van der Waals surface area contributed by atoms with Gasteiger partial charge < -0.3 is 10.2 Å². The van der Waals surface area contributed by atoms with E-state index in [-0.39, 0.29) is 5.82 Å². The van der Waals surface area contributed by atoms with E-state index in [9.17, 15) is 4.39 Å². The first-order valence-electron chi connectivity index (χ1n) is 7.29. The summed E-state index contributed by atoms with van der Waals surface area (Å²) >= 11 is 0. The number of nitrogens with zero attached hydrogens (tertiary/aromatic N) is 2. The zero-order valence-corrected chi connectivity index (χ0v) is 12.0. The van der Waals surface area contributed by atoms with Gasteiger partial charge in [-0.3, -0.25) is 0 Å². The zero-order valence-electron chi connectivity index (χ0n) is 12.0. The normalized spacial score (nSPS) is 14.7. The first-order valence-corrected chi connectivity index (χ1v) is 7.29. The minimum atomic E-state index is -0.252. The van der Waals surface area contributed by atoms with Crippen molar-refractivity contribution < 1.29 is 4.39 Å². The Morgan fingerprint density at radius 3 is 2.89 bits per heavy atom. The van der Waals surface area contributed by atoms with Crippen LogP contribution in [0.3, 0.4) is 0 Å². The number of anilines is 1. The number of nitrogens with one attached hydrogen (secondary N) is 1. The summed E-state index contributed by atoms with van der Waals surface area (Å²) in [6.07, 6.45) is 7.38. The molecule has 0 unspecified atom stereocenters. The van der Waals surface area contributed by atoms with Gasteiger partial charge in [-0.05, 0) is 25.3 Å². The third-order valence-corrected chi connectivity index (χ3v) is 3.53. The fourth-order valence-corrected chi connectivity index (χ4v) is 2.19. The lowest BCUT2D eigenvalue weighted by Gasteiger charge is -2.21. The van der Waals surface area contributed by atoms with E-state index in [0.717, 1.165) is 24.3 Å². The molecule has 0 aromatic carbocycles. The van der Waals surface area contributed by atoms with Crippen molar-refractivity contribution >= 4 is 5.82 Å². The standard InChI is InChI=1S/C15H24FN3/c1-3-4-5-8-19(2)15-12(9-13(16)11-18-15)10-17-14-6-7-14/h9,11,14,17H,3-8,10H2,1-2H3. The van der Waals surface area contributed by atoms with Gasteiger partial charge >= 0.3 is 0 Å². The van der Waals surface area contributed by atoms with Crippen molar-refractivity contribution in [1.29, 1.82) is 0 Å². The molecule has 0 saturated heterocycles. The predicted molar refractivity (Wildman–Crippen MR) is 76.9 cm³/mol. The number of hydrogen-bond acceptors (Lipinski definition) is 3. The van der Waals surface area contributed by atoms with Crippen molar-refractivity contribution in [3.8, 4) is 0 Å². The van der Waals surface area contributed by atoms with E-state index in [1.165, 1.54) is 31.9 Å². The second kappa shape index (κ2) is 6.85. The smallest absolute Gasteiger partial charge is 0.141 e. The first-order chi connectivity index (χ1) is 9.20. The van der Waals surface area contributed by atoms with Crippen molar-refractivity contribution in [1.82, 2.24) is 10.3 Å². The molecule has 1 aromatic rings. The molecule has 1 aromatic heterocycles. The minimum absolute atomic E-state index is 0.252. The van der Waals surface area contributed by atoms with Crippen LogP contribution in [0, 0.1) is 5.82 Å². The van der Waals surface area contributed by atoms with Crippen molar-refractivity contribution in [2.75, 3.05) is 18.5 Å². The molecule has 0 atom stereocenters. The summed E-state index contributed by atoms with van der Waals surface area (Å²) in [4.78, 5) is 6.40. The van der Waals surface area contributed by atoms with Crippen LogP contribution in [0.4, 0.5) is 10.2 Å². The molecule has 0 bridgehead atoms. The van der Waals surface area contributed by atoms with Crippen molar-refractivity contribution in [3.63, 3.8) is 0 Å². The molecule has 19 heavy (non-hydrogen) atoms. The van der Waals surface area contributed by atoms with Crippen LogP contribution in [0.25, 0.3) is 0 Å². The molecule has 1 N–H and O–H groups in total. The summed E-state index contributed by atoms with van der Waals surface area (Å²) in [7, 11) is 2.04. The largest absolute Gasteiger partial charge is 0.359 e. The molecular weight excluding hydrogens is 241 g/mol. The van der Waals surface area contributed by atoms with Gasteiger partial charge in [-0.15, -0.1) is 0 Å². The summed E-state index contributed by atoms with van der Waals surface area (Å²) in [5, 5.41) is 3.43. The maximum Gasteiger partial charge on any atom is 0.141 e. The van der Waals surface area contributed by atoms with Crippen LogP contribution < -0.4 is 10.2 Å². The third kappa shape index (κ3) is 4.46. The Bertz CT molecular complexity index is 404. The number of halogens is 1. The lowest BCUT2D eigenvalue weighted by molar-refractivity contribution is 0.609. The van der Waals surface area contributed by atoms with Gasteiger partial charge in [0, 0.05) is 31.7 Å². The fraction of sp³-hybridized carbons (Fsp3) is 0.667. The molecule has 0 spiro atoms. The van der Waals surface area contributed by atoms with Crippen LogP contribution >= 0.6 is 0 Å². The van der Waals surface area contributed by atoms with Gasteiger partial charge in [-0.25, -0.2) is 9.37 Å². The van der Waals surface area contributed by atoms with Crippen molar-refractivity contribution in [2.24, 2.45) is 0 Å². The molecule has 1 aliphatic carbocycles. The summed E-state index contributed by atoms with van der Waals surface area (Å²) in [6.45, 7) is 3.88. The average molecular weight is 265 g/mol. The second-order valence-electron chi connectivity index (χ2n) is 5.42. The summed E-state index contributed by atoms with van der Waals surface area (Å²) < 4.78 is 13.3. The van der Waals surface area contributed by atoms with Gasteiger partial charge in [0.1, 0.15) is 11.6 Å². The number of rotatable bonds is 8. The molecule has 1 heterocycles. The van der Waals surface area contributed by atoms with Gasteiger partial charge in [-0.1, -0.05) is 19.8 Å². The Morgan fingerprint density at radius 1 is 1.42 bits per heavy atom. The Balaban J connectivity index is 1.99. The molecule has 4 heteroatoms. The molecule has 0 aliphatic heterocycles. The molecule has 2 rings (SSSR count). The highest BCUT2D eigenvalue weighted by Gasteiger charge is 2.21. The van der Waals surface area contributed by atoms with Gasteiger partial charge in [0.2, 0.25) is 0 Å². The highest BCUT2D eigenvalue weighted by atomic mass is 19.1. The summed E-state index contributed by atoms with van der Waals surface area (Å²) in [5.41, 5.74) is 0.964. The number of unbranched alkanes of at least 4 members (excludes halogenated alkanes) is 2. The van der Waals surface area contributed by atoms with E-state index in [1.807, 2.05) is 7.05 Å². The number of hydrogen-bond donors (Lipinski definition) is 1. The maximum absolute atomic E-state index is 13.3. The minimum Gasteiger partial charge on any atom is -0.359 e. The van der Waals surface area contributed by atoms with Gasteiger partial charge in [0.05, 0.1) is 6.20 Å². The maximum atomic E-state index is 13.3. The summed E-state index contributed by atoms with van der Waals surface area (Å²) in [5.74, 6) is 0.656. The lowest BCUT2D eigenvalue weighted by Crippen LogP contribution is -2.24. The predicted octanol–water partition coefficient (Wildman–Crippen LogP) is 3.10. The van der Waals surface area contributed by atoms with Gasteiger partial charge in [0.25, 0.3) is 0 Å². The van der Waals surface area contributed by atoms with Crippen molar-refractivity contribution in [3.05, 3.63) is 23.6 Å². The van der Waals surface area contributed by atoms with Crippen molar-refractivity contribution in [2.45, 2.75) is 51.6 Å². The molecular formula is C15H24FN3. The average Bonchev–Trinajstić information content (AvgIpc) is 3.20. The molecule has 1 aliphatic rings. The quantitative estimate of drug-likeness (QED) is 0.732. The van der Waals surface area contributed by atoms with Crippen LogP contribution in [0.2, 0.25) is 0 Å². The Hall–Kier alpha value is -1.16. The van der Waals surface area contributed by atoms with Crippen LogP contribution in [0.5, 0.6) is 0 Å².